The molecule has 5 heteroatoms. The van der Waals surface area contributed by atoms with Gasteiger partial charge < -0.3 is 10.4 Å². The highest BCUT2D eigenvalue weighted by Crippen LogP contribution is 2.18. The van der Waals surface area contributed by atoms with Gasteiger partial charge >= 0.3 is 12.0 Å². The van der Waals surface area contributed by atoms with Crippen LogP contribution in [0.5, 0.6) is 0 Å². The molecule has 20 heavy (non-hydrogen) atoms. The average molecular weight is 278 g/mol. The summed E-state index contributed by atoms with van der Waals surface area (Å²) in [5, 5.41) is 12.0. The molecule has 0 saturated carbocycles. The van der Waals surface area contributed by atoms with E-state index in [1.807, 2.05) is 31.2 Å². The van der Waals surface area contributed by atoms with Crippen molar-refractivity contribution in [3.8, 4) is 0 Å². The van der Waals surface area contributed by atoms with Gasteiger partial charge in [0.2, 0.25) is 0 Å². The van der Waals surface area contributed by atoms with Gasteiger partial charge in [-0.25, -0.2) is 9.59 Å². The van der Waals surface area contributed by atoms with E-state index < -0.39 is 17.5 Å². The number of carboxylic acids is 1. The molecule has 0 unspecified atom stereocenters. The zero-order valence-electron chi connectivity index (χ0n) is 12.4. The van der Waals surface area contributed by atoms with Gasteiger partial charge in [0, 0.05) is 12.7 Å². The molecule has 0 aliphatic heterocycles. The van der Waals surface area contributed by atoms with Gasteiger partial charge in [-0.05, 0) is 37.5 Å². The van der Waals surface area contributed by atoms with Gasteiger partial charge in [0.05, 0.1) is 0 Å². The zero-order valence-corrected chi connectivity index (χ0v) is 12.4. The second-order valence-corrected chi connectivity index (χ2v) is 4.92. The number of anilines is 1. The first-order valence-electron chi connectivity index (χ1n) is 6.72. The molecule has 110 valence electrons. The topological polar surface area (TPSA) is 69.6 Å². The number of amides is 2. The quantitative estimate of drug-likeness (QED) is 0.870. The summed E-state index contributed by atoms with van der Waals surface area (Å²) in [4.78, 5) is 25.1. The van der Waals surface area contributed by atoms with Gasteiger partial charge in [-0.3, -0.25) is 4.90 Å². The van der Waals surface area contributed by atoms with Crippen LogP contribution >= 0.6 is 0 Å². The molecule has 2 amide bonds. The highest BCUT2D eigenvalue weighted by molar-refractivity contribution is 5.95. The molecule has 0 aliphatic rings. The van der Waals surface area contributed by atoms with Gasteiger partial charge in [0.1, 0.15) is 5.54 Å². The Morgan fingerprint density at radius 2 is 1.90 bits per heavy atom. The van der Waals surface area contributed by atoms with Crippen LogP contribution in [-0.4, -0.2) is 29.7 Å². The standard InChI is InChI=1S/C15H22N2O3/c1-5-15(6-2,13(18)19)16-14(20)17(4)12-9-7-8-11(3)10-12/h7-10H,5-6H2,1-4H3,(H,16,20)(H,18,19). The SMILES string of the molecule is CCC(CC)(NC(=O)N(C)c1cccc(C)c1)C(=O)O. The van der Waals surface area contributed by atoms with Crippen molar-refractivity contribution in [2.24, 2.45) is 0 Å². The Morgan fingerprint density at radius 3 is 2.35 bits per heavy atom. The minimum absolute atomic E-state index is 0.340. The molecule has 0 heterocycles. The smallest absolute Gasteiger partial charge is 0.329 e. The summed E-state index contributed by atoms with van der Waals surface area (Å²) >= 11 is 0. The molecule has 0 atom stereocenters. The minimum atomic E-state index is -1.21. The lowest BCUT2D eigenvalue weighted by Gasteiger charge is -2.30. The third-order valence-corrected chi connectivity index (χ3v) is 3.66. The van der Waals surface area contributed by atoms with Crippen molar-refractivity contribution in [3.63, 3.8) is 0 Å². The predicted molar refractivity (Wildman–Crippen MR) is 79.1 cm³/mol. The molecule has 0 radical (unpaired) electrons. The van der Waals surface area contributed by atoms with E-state index in [4.69, 9.17) is 0 Å². The molecule has 5 nitrogen and oxygen atoms in total. The number of carboxylic acid groups (broad SMARTS) is 1. The fourth-order valence-electron chi connectivity index (χ4n) is 2.03. The fraction of sp³-hybridized carbons (Fsp3) is 0.467. The van der Waals surface area contributed by atoms with Crippen LogP contribution in [0, 0.1) is 6.92 Å². The summed E-state index contributed by atoms with van der Waals surface area (Å²) in [6.45, 7) is 5.45. The normalized spacial score (nSPS) is 11.0. The number of nitrogens with one attached hydrogen (secondary N) is 1. The van der Waals surface area contributed by atoms with Crippen molar-refractivity contribution < 1.29 is 14.7 Å². The van der Waals surface area contributed by atoms with Crippen LogP contribution < -0.4 is 10.2 Å². The number of hydrogen-bond donors (Lipinski definition) is 2. The summed E-state index contributed by atoms with van der Waals surface area (Å²) < 4.78 is 0. The van der Waals surface area contributed by atoms with E-state index in [2.05, 4.69) is 5.32 Å². The number of aliphatic carboxylic acids is 1. The van der Waals surface area contributed by atoms with E-state index in [1.165, 1.54) is 4.90 Å². The summed E-state index contributed by atoms with van der Waals surface area (Å²) in [7, 11) is 1.63. The summed E-state index contributed by atoms with van der Waals surface area (Å²) in [5.41, 5.74) is 0.557. The molecule has 0 spiro atoms. The molecule has 0 aromatic heterocycles. The lowest BCUT2D eigenvalue weighted by Crippen LogP contribution is -2.56. The second-order valence-electron chi connectivity index (χ2n) is 4.92. The Balaban J connectivity index is 2.92. The van der Waals surface area contributed by atoms with E-state index in [-0.39, 0.29) is 0 Å². The van der Waals surface area contributed by atoms with Crippen molar-refractivity contribution in [1.82, 2.24) is 5.32 Å². The highest BCUT2D eigenvalue weighted by Gasteiger charge is 2.37. The monoisotopic (exact) mass is 278 g/mol. The molecule has 1 aromatic rings. The maximum absolute atomic E-state index is 12.2. The van der Waals surface area contributed by atoms with E-state index in [0.717, 1.165) is 11.3 Å². The lowest BCUT2D eigenvalue weighted by atomic mass is 9.93. The highest BCUT2D eigenvalue weighted by atomic mass is 16.4. The van der Waals surface area contributed by atoms with Crippen LogP contribution in [0.3, 0.4) is 0 Å². The minimum Gasteiger partial charge on any atom is -0.480 e. The van der Waals surface area contributed by atoms with Crippen molar-refractivity contribution in [2.45, 2.75) is 39.2 Å². The van der Waals surface area contributed by atoms with Gasteiger partial charge in [-0.15, -0.1) is 0 Å². The van der Waals surface area contributed by atoms with E-state index in [0.29, 0.717) is 12.8 Å². The van der Waals surface area contributed by atoms with Crippen molar-refractivity contribution in [3.05, 3.63) is 29.8 Å². The third-order valence-electron chi connectivity index (χ3n) is 3.66. The number of urea groups is 1. The van der Waals surface area contributed by atoms with Crippen LogP contribution in [0.2, 0.25) is 0 Å². The van der Waals surface area contributed by atoms with Crippen molar-refractivity contribution in [1.29, 1.82) is 0 Å². The number of carbonyl (C=O) groups excluding carboxylic acids is 1. The van der Waals surface area contributed by atoms with Crippen molar-refractivity contribution >= 4 is 17.7 Å². The number of aryl methyl sites for hydroxylation is 1. The van der Waals surface area contributed by atoms with Crippen LogP contribution in [-0.2, 0) is 4.79 Å². The molecule has 0 bridgehead atoms. The number of carbonyl (C=O) groups is 2. The Hall–Kier alpha value is -2.04. The van der Waals surface area contributed by atoms with Crippen LogP contribution in [0.25, 0.3) is 0 Å². The molecule has 1 rings (SSSR count). The van der Waals surface area contributed by atoms with Crippen LogP contribution in [0.15, 0.2) is 24.3 Å². The van der Waals surface area contributed by atoms with Gasteiger partial charge in [-0.2, -0.15) is 0 Å². The van der Waals surface area contributed by atoms with E-state index in [9.17, 15) is 14.7 Å². The van der Waals surface area contributed by atoms with Gasteiger partial charge in [0.25, 0.3) is 0 Å². The number of rotatable bonds is 5. The summed E-state index contributed by atoms with van der Waals surface area (Å²) in [6.07, 6.45) is 0.679. The third kappa shape index (κ3) is 3.29. The molecular weight excluding hydrogens is 256 g/mol. The summed E-state index contributed by atoms with van der Waals surface area (Å²) in [6, 6.07) is 7.07. The first-order chi connectivity index (χ1) is 9.36. The molecule has 0 saturated heterocycles. The second kappa shape index (κ2) is 6.41. The number of hydrogen-bond acceptors (Lipinski definition) is 2. The lowest BCUT2D eigenvalue weighted by molar-refractivity contribution is -0.144. The maximum atomic E-state index is 12.2. The van der Waals surface area contributed by atoms with Crippen LogP contribution in [0.4, 0.5) is 10.5 Å². The predicted octanol–water partition coefficient (Wildman–Crippen LogP) is 2.78. The van der Waals surface area contributed by atoms with Crippen LogP contribution in [0.1, 0.15) is 32.3 Å². The Bertz CT molecular complexity index is 496. The molecule has 0 aliphatic carbocycles. The fourth-order valence-corrected chi connectivity index (χ4v) is 2.03. The first-order valence-corrected chi connectivity index (χ1v) is 6.72. The molecule has 0 fully saturated rings. The largest absolute Gasteiger partial charge is 0.480 e. The zero-order chi connectivity index (χ0) is 15.3. The summed E-state index contributed by atoms with van der Waals surface area (Å²) in [5.74, 6) is -1.01. The Kier molecular flexibility index (Phi) is 5.13. The van der Waals surface area contributed by atoms with Crippen molar-refractivity contribution in [2.75, 3.05) is 11.9 Å². The van der Waals surface area contributed by atoms with E-state index >= 15 is 0 Å². The van der Waals surface area contributed by atoms with Gasteiger partial charge in [-0.1, -0.05) is 26.0 Å². The number of benzene rings is 1. The first kappa shape index (κ1) is 16.0. The van der Waals surface area contributed by atoms with E-state index in [1.54, 1.807) is 20.9 Å². The molecular formula is C15H22N2O3. The maximum Gasteiger partial charge on any atom is 0.329 e. The van der Waals surface area contributed by atoms with Gasteiger partial charge in [0.15, 0.2) is 0 Å². The Morgan fingerprint density at radius 1 is 1.30 bits per heavy atom. The Labute approximate surface area is 119 Å². The molecule has 2 N–H and O–H groups in total. The average Bonchev–Trinajstić information content (AvgIpc) is 2.43. The molecule has 1 aromatic carbocycles. The number of nitrogens with zero attached hydrogens (tertiary/aromatic N) is 1.